The van der Waals surface area contributed by atoms with Crippen LogP contribution in [0.4, 0.5) is 0 Å². The molecule has 156 valence electrons. The van der Waals surface area contributed by atoms with E-state index in [1.54, 1.807) is 41.0 Å². The Kier molecular flexibility index (Phi) is 6.75. The van der Waals surface area contributed by atoms with E-state index >= 15 is 0 Å². The molecular weight excluding hydrogens is 420 g/mol. The molecular formula is C22H22N2O4S2. The van der Waals surface area contributed by atoms with Crippen molar-refractivity contribution in [3.05, 3.63) is 52.8 Å². The molecule has 8 heteroatoms. The van der Waals surface area contributed by atoms with E-state index in [1.165, 1.54) is 17.4 Å². The lowest BCUT2D eigenvalue weighted by Gasteiger charge is -2.06. The summed E-state index contributed by atoms with van der Waals surface area (Å²) in [7, 11) is -3.35. The minimum Gasteiger partial charge on any atom is -0.494 e. The van der Waals surface area contributed by atoms with Gasteiger partial charge in [0.05, 0.1) is 28.3 Å². The second-order valence-corrected chi connectivity index (χ2v) is 9.75. The zero-order chi connectivity index (χ0) is 21.7. The predicted molar refractivity (Wildman–Crippen MR) is 118 cm³/mol. The number of terminal acetylenes is 1. The zero-order valence-electron chi connectivity index (χ0n) is 16.8. The van der Waals surface area contributed by atoms with Gasteiger partial charge in [-0.2, -0.15) is 4.99 Å². The molecule has 1 amide bonds. The van der Waals surface area contributed by atoms with Crippen LogP contribution in [0.25, 0.3) is 10.2 Å². The largest absolute Gasteiger partial charge is 0.494 e. The Morgan fingerprint density at radius 2 is 2.07 bits per heavy atom. The molecule has 1 heterocycles. The van der Waals surface area contributed by atoms with Crippen LogP contribution in [0.15, 0.2) is 52.4 Å². The summed E-state index contributed by atoms with van der Waals surface area (Å²) in [6.45, 7) is 2.88. The summed E-state index contributed by atoms with van der Waals surface area (Å²) in [5.41, 5.74) is 1.14. The maximum absolute atomic E-state index is 12.8. The Hall–Kier alpha value is -2.89. The minimum atomic E-state index is -3.35. The molecule has 0 aliphatic heterocycles. The van der Waals surface area contributed by atoms with Crippen LogP contribution in [0.2, 0.25) is 0 Å². The summed E-state index contributed by atoms with van der Waals surface area (Å²) in [4.78, 5) is 17.7. The number of aromatic nitrogens is 1. The number of thiazole rings is 1. The minimum absolute atomic E-state index is 0.207. The van der Waals surface area contributed by atoms with Crippen LogP contribution in [0, 0.1) is 12.3 Å². The third-order valence-electron chi connectivity index (χ3n) is 4.38. The molecule has 0 saturated heterocycles. The fraction of sp³-hybridized carbons (Fsp3) is 0.273. The maximum Gasteiger partial charge on any atom is 0.279 e. The lowest BCUT2D eigenvalue weighted by Crippen LogP contribution is -2.16. The Morgan fingerprint density at radius 1 is 1.27 bits per heavy atom. The second-order valence-electron chi connectivity index (χ2n) is 6.72. The van der Waals surface area contributed by atoms with Gasteiger partial charge in [0, 0.05) is 11.8 Å². The van der Waals surface area contributed by atoms with E-state index in [4.69, 9.17) is 11.2 Å². The highest BCUT2D eigenvalue weighted by molar-refractivity contribution is 7.90. The molecule has 0 aliphatic carbocycles. The van der Waals surface area contributed by atoms with Gasteiger partial charge < -0.3 is 9.30 Å². The smallest absolute Gasteiger partial charge is 0.279 e. The number of nitrogens with zero attached hydrogens (tertiary/aromatic N) is 2. The number of rotatable bonds is 7. The van der Waals surface area contributed by atoms with Crippen LogP contribution in [0.1, 0.15) is 30.1 Å². The Balaban J connectivity index is 2.02. The van der Waals surface area contributed by atoms with E-state index in [-0.39, 0.29) is 11.4 Å². The van der Waals surface area contributed by atoms with Crippen molar-refractivity contribution in [1.82, 2.24) is 4.57 Å². The fourth-order valence-electron chi connectivity index (χ4n) is 2.82. The van der Waals surface area contributed by atoms with E-state index in [0.717, 1.165) is 24.6 Å². The summed E-state index contributed by atoms with van der Waals surface area (Å²) in [5, 5.41) is 0. The second kappa shape index (κ2) is 9.28. The van der Waals surface area contributed by atoms with Crippen LogP contribution in [-0.4, -0.2) is 31.8 Å². The number of unbranched alkanes of at least 4 members (excludes halogenated alkanes) is 1. The lowest BCUT2D eigenvalue weighted by atomic mass is 10.2. The highest BCUT2D eigenvalue weighted by Gasteiger charge is 2.13. The van der Waals surface area contributed by atoms with E-state index in [1.807, 2.05) is 0 Å². The molecule has 0 N–H and O–H groups in total. The molecule has 2 aromatic carbocycles. The van der Waals surface area contributed by atoms with E-state index in [2.05, 4.69) is 17.8 Å². The van der Waals surface area contributed by atoms with Gasteiger partial charge in [-0.15, -0.1) is 6.42 Å². The average Bonchev–Trinajstić information content (AvgIpc) is 3.04. The third-order valence-corrected chi connectivity index (χ3v) is 6.53. The number of fused-ring (bicyclic) bond motifs is 1. The van der Waals surface area contributed by atoms with Crippen molar-refractivity contribution in [3.8, 4) is 18.1 Å². The van der Waals surface area contributed by atoms with Crippen molar-refractivity contribution in [2.45, 2.75) is 31.2 Å². The normalized spacial score (nSPS) is 12.1. The van der Waals surface area contributed by atoms with Gasteiger partial charge in [0.1, 0.15) is 5.75 Å². The first-order valence-corrected chi connectivity index (χ1v) is 12.1. The van der Waals surface area contributed by atoms with Gasteiger partial charge in [-0.05, 0) is 42.8 Å². The van der Waals surface area contributed by atoms with Gasteiger partial charge in [-0.3, -0.25) is 4.79 Å². The molecule has 0 unspecified atom stereocenters. The molecule has 3 rings (SSSR count). The van der Waals surface area contributed by atoms with Gasteiger partial charge >= 0.3 is 0 Å². The maximum atomic E-state index is 12.8. The highest BCUT2D eigenvalue weighted by atomic mass is 32.2. The van der Waals surface area contributed by atoms with Crippen molar-refractivity contribution >= 4 is 37.3 Å². The molecule has 0 spiro atoms. The topological polar surface area (TPSA) is 77.7 Å². The zero-order valence-corrected chi connectivity index (χ0v) is 18.4. The number of hydrogen-bond donors (Lipinski definition) is 0. The number of benzene rings is 2. The number of amides is 1. The van der Waals surface area contributed by atoms with Gasteiger partial charge in [0.15, 0.2) is 14.6 Å². The van der Waals surface area contributed by atoms with Crippen LogP contribution >= 0.6 is 11.3 Å². The summed E-state index contributed by atoms with van der Waals surface area (Å²) in [5.74, 6) is 2.76. The van der Waals surface area contributed by atoms with Gasteiger partial charge in [0.2, 0.25) is 0 Å². The van der Waals surface area contributed by atoms with Gasteiger partial charge in [-0.1, -0.05) is 36.7 Å². The summed E-state index contributed by atoms with van der Waals surface area (Å²) in [6.07, 6.45) is 8.61. The Bertz CT molecular complexity index is 1290. The first-order valence-electron chi connectivity index (χ1n) is 9.42. The van der Waals surface area contributed by atoms with Crippen LogP contribution in [-0.2, 0) is 16.4 Å². The van der Waals surface area contributed by atoms with Crippen molar-refractivity contribution in [2.24, 2.45) is 4.99 Å². The van der Waals surface area contributed by atoms with Crippen molar-refractivity contribution in [2.75, 3.05) is 12.9 Å². The van der Waals surface area contributed by atoms with Gasteiger partial charge in [-0.25, -0.2) is 8.42 Å². The van der Waals surface area contributed by atoms with Crippen LogP contribution < -0.4 is 9.54 Å². The summed E-state index contributed by atoms with van der Waals surface area (Å²) in [6, 6.07) is 11.7. The molecule has 0 radical (unpaired) electrons. The number of ether oxygens (including phenoxy) is 1. The Morgan fingerprint density at radius 3 is 2.77 bits per heavy atom. The van der Waals surface area contributed by atoms with Crippen LogP contribution in [0.3, 0.4) is 0 Å². The highest BCUT2D eigenvalue weighted by Crippen LogP contribution is 2.22. The first-order chi connectivity index (χ1) is 14.3. The summed E-state index contributed by atoms with van der Waals surface area (Å²) < 4.78 is 31.8. The molecule has 0 bridgehead atoms. The SMILES string of the molecule is C#CCn1c(=NC(=O)c2cccc(OCCCC)c2)sc2cc(S(C)(=O)=O)ccc21. The molecule has 3 aromatic rings. The molecule has 0 atom stereocenters. The number of hydrogen-bond acceptors (Lipinski definition) is 5. The molecule has 1 aromatic heterocycles. The predicted octanol–water partition coefficient (Wildman–Crippen LogP) is 3.66. The summed E-state index contributed by atoms with van der Waals surface area (Å²) >= 11 is 1.22. The quantitative estimate of drug-likeness (QED) is 0.413. The number of carbonyl (C=O) groups is 1. The van der Waals surface area contributed by atoms with E-state index in [0.29, 0.717) is 27.4 Å². The molecule has 0 aliphatic rings. The number of sulfone groups is 1. The molecule has 6 nitrogen and oxygen atoms in total. The lowest BCUT2D eigenvalue weighted by molar-refractivity contribution is 0.0997. The molecule has 0 saturated carbocycles. The van der Waals surface area contributed by atoms with Crippen molar-refractivity contribution < 1.29 is 17.9 Å². The monoisotopic (exact) mass is 442 g/mol. The third kappa shape index (κ3) is 4.99. The van der Waals surface area contributed by atoms with E-state index in [9.17, 15) is 13.2 Å². The number of carbonyl (C=O) groups excluding carboxylic acids is 1. The van der Waals surface area contributed by atoms with Crippen LogP contribution in [0.5, 0.6) is 5.75 Å². The Labute approximate surface area is 179 Å². The van der Waals surface area contributed by atoms with Crippen molar-refractivity contribution in [1.29, 1.82) is 0 Å². The van der Waals surface area contributed by atoms with Gasteiger partial charge in [0.25, 0.3) is 5.91 Å². The van der Waals surface area contributed by atoms with Crippen molar-refractivity contribution in [3.63, 3.8) is 0 Å². The van der Waals surface area contributed by atoms with E-state index < -0.39 is 15.7 Å². The average molecular weight is 443 g/mol. The first kappa shape index (κ1) is 21.8. The standard InChI is InChI=1S/C22H22N2O4S2/c1-4-6-13-28-17-9-7-8-16(14-17)21(25)23-22-24(12-5-2)19-11-10-18(30(3,26)27)15-20(19)29-22/h2,7-11,14-15H,4,6,12-13H2,1,3H3. The molecule has 0 fully saturated rings. The molecule has 30 heavy (non-hydrogen) atoms. The fourth-order valence-corrected chi connectivity index (χ4v) is 4.61.